The van der Waals surface area contributed by atoms with Gasteiger partial charge in [-0.25, -0.2) is 4.98 Å². The van der Waals surface area contributed by atoms with Crippen molar-refractivity contribution in [1.29, 1.82) is 0 Å². The van der Waals surface area contributed by atoms with Gasteiger partial charge >= 0.3 is 0 Å². The molecule has 2 heterocycles. The first-order valence-electron chi connectivity index (χ1n) is 6.74. The average molecular weight is 323 g/mol. The molecule has 0 unspecified atom stereocenters. The molecular formula is C14H17N3O4S. The van der Waals surface area contributed by atoms with Crippen LogP contribution in [0.4, 0.5) is 5.13 Å². The van der Waals surface area contributed by atoms with E-state index in [1.807, 2.05) is 5.38 Å². The molecule has 118 valence electrons. The van der Waals surface area contributed by atoms with E-state index in [-0.39, 0.29) is 17.6 Å². The number of aromatic nitrogens is 1. The number of ether oxygens (including phenoxy) is 1. The maximum atomic E-state index is 11.8. The second kappa shape index (κ2) is 8.30. The van der Waals surface area contributed by atoms with Crippen LogP contribution in [0.15, 0.2) is 28.2 Å². The standard InChI is InChI=1S/C14H17N3O4S/c1-20-8-6-15-12(18)5-4-10-9-22-14(16-10)17-13(19)11-3-2-7-21-11/h2-3,7,9H,4-6,8H2,1H3,(H,15,18)(H,16,17,19). The van der Waals surface area contributed by atoms with Crippen LogP contribution in [-0.2, 0) is 16.0 Å². The molecule has 0 aliphatic rings. The first-order valence-corrected chi connectivity index (χ1v) is 7.62. The molecule has 0 saturated heterocycles. The van der Waals surface area contributed by atoms with Crippen LogP contribution >= 0.6 is 11.3 Å². The lowest BCUT2D eigenvalue weighted by Crippen LogP contribution is -2.27. The third-order valence-corrected chi connectivity index (χ3v) is 3.56. The van der Waals surface area contributed by atoms with Crippen LogP contribution in [0.3, 0.4) is 0 Å². The van der Waals surface area contributed by atoms with Crippen molar-refractivity contribution in [3.05, 3.63) is 35.2 Å². The molecule has 0 spiro atoms. The number of nitrogens with one attached hydrogen (secondary N) is 2. The molecule has 0 aliphatic carbocycles. The lowest BCUT2D eigenvalue weighted by molar-refractivity contribution is -0.121. The minimum Gasteiger partial charge on any atom is -0.459 e. The van der Waals surface area contributed by atoms with Gasteiger partial charge < -0.3 is 14.5 Å². The van der Waals surface area contributed by atoms with Gasteiger partial charge in [0.25, 0.3) is 5.91 Å². The average Bonchev–Trinajstić information content (AvgIpc) is 3.17. The van der Waals surface area contributed by atoms with E-state index in [1.54, 1.807) is 19.2 Å². The lowest BCUT2D eigenvalue weighted by atomic mass is 10.2. The molecule has 2 N–H and O–H groups in total. The fourth-order valence-corrected chi connectivity index (χ4v) is 2.41. The first-order chi connectivity index (χ1) is 10.7. The van der Waals surface area contributed by atoms with E-state index >= 15 is 0 Å². The number of anilines is 1. The third kappa shape index (κ3) is 4.97. The van der Waals surface area contributed by atoms with Gasteiger partial charge in [0.05, 0.1) is 18.6 Å². The Balaban J connectivity index is 1.77. The van der Waals surface area contributed by atoms with Crippen LogP contribution in [0, 0.1) is 0 Å². The summed E-state index contributed by atoms with van der Waals surface area (Å²) in [6.07, 6.45) is 2.30. The smallest absolute Gasteiger partial charge is 0.293 e. The molecule has 0 fully saturated rings. The van der Waals surface area contributed by atoms with Crippen molar-refractivity contribution in [2.45, 2.75) is 12.8 Å². The molecule has 0 saturated carbocycles. The van der Waals surface area contributed by atoms with Gasteiger partial charge in [0.15, 0.2) is 10.9 Å². The maximum absolute atomic E-state index is 11.8. The highest BCUT2D eigenvalue weighted by Crippen LogP contribution is 2.17. The molecule has 2 rings (SSSR count). The largest absolute Gasteiger partial charge is 0.459 e. The van der Waals surface area contributed by atoms with Gasteiger partial charge in [-0.15, -0.1) is 11.3 Å². The number of hydrogen-bond acceptors (Lipinski definition) is 6. The summed E-state index contributed by atoms with van der Waals surface area (Å²) in [7, 11) is 1.58. The highest BCUT2D eigenvalue weighted by atomic mass is 32.1. The van der Waals surface area contributed by atoms with E-state index in [9.17, 15) is 9.59 Å². The summed E-state index contributed by atoms with van der Waals surface area (Å²) in [5, 5.41) is 7.70. The summed E-state index contributed by atoms with van der Waals surface area (Å²) in [6, 6.07) is 3.22. The first kappa shape index (κ1) is 16.2. The molecule has 0 radical (unpaired) electrons. The van der Waals surface area contributed by atoms with Gasteiger partial charge in [-0.3, -0.25) is 14.9 Å². The van der Waals surface area contributed by atoms with Gasteiger partial charge in [-0.05, 0) is 18.6 Å². The number of carbonyl (C=O) groups excluding carboxylic acids is 2. The van der Waals surface area contributed by atoms with E-state index in [2.05, 4.69) is 15.6 Å². The van der Waals surface area contributed by atoms with Gasteiger partial charge in [-0.1, -0.05) is 0 Å². The Kier molecular flexibility index (Phi) is 6.11. The van der Waals surface area contributed by atoms with Crippen molar-refractivity contribution in [3.63, 3.8) is 0 Å². The summed E-state index contributed by atoms with van der Waals surface area (Å²) in [5.41, 5.74) is 0.765. The number of carbonyl (C=O) groups is 2. The molecule has 0 aromatic carbocycles. The molecule has 7 nitrogen and oxygen atoms in total. The van der Waals surface area contributed by atoms with Crippen molar-refractivity contribution < 1.29 is 18.7 Å². The number of amides is 2. The molecule has 2 aromatic heterocycles. The fourth-order valence-electron chi connectivity index (χ4n) is 1.67. The predicted octanol–water partition coefficient (Wildman–Crippen LogP) is 1.68. The summed E-state index contributed by atoms with van der Waals surface area (Å²) in [4.78, 5) is 27.6. The number of aryl methyl sites for hydroxylation is 1. The highest BCUT2D eigenvalue weighted by Gasteiger charge is 2.11. The van der Waals surface area contributed by atoms with Crippen molar-refractivity contribution >= 4 is 28.3 Å². The number of methoxy groups -OCH3 is 1. The lowest BCUT2D eigenvalue weighted by Gasteiger charge is -2.03. The van der Waals surface area contributed by atoms with E-state index in [0.29, 0.717) is 31.1 Å². The zero-order valence-electron chi connectivity index (χ0n) is 12.1. The van der Waals surface area contributed by atoms with Gasteiger partial charge in [0.2, 0.25) is 5.91 Å². The SMILES string of the molecule is COCCNC(=O)CCc1csc(NC(=O)c2ccco2)n1. The highest BCUT2D eigenvalue weighted by molar-refractivity contribution is 7.13. The summed E-state index contributed by atoms with van der Waals surface area (Å²) in [6.45, 7) is 0.988. The van der Waals surface area contributed by atoms with Gasteiger partial charge in [-0.2, -0.15) is 0 Å². The van der Waals surface area contributed by atoms with Crippen LogP contribution in [-0.4, -0.2) is 37.1 Å². The second-order valence-electron chi connectivity index (χ2n) is 4.42. The monoisotopic (exact) mass is 323 g/mol. The topological polar surface area (TPSA) is 93.5 Å². The molecule has 0 aliphatic heterocycles. The minimum atomic E-state index is -0.344. The summed E-state index contributed by atoms with van der Waals surface area (Å²) >= 11 is 1.31. The van der Waals surface area contributed by atoms with Gasteiger partial charge in [0, 0.05) is 25.5 Å². The Bertz CT molecular complexity index is 609. The normalized spacial score (nSPS) is 10.4. The number of rotatable bonds is 8. The van der Waals surface area contributed by atoms with E-state index in [4.69, 9.17) is 9.15 Å². The van der Waals surface area contributed by atoms with E-state index in [0.717, 1.165) is 5.69 Å². The van der Waals surface area contributed by atoms with E-state index < -0.39 is 0 Å². The molecule has 8 heteroatoms. The minimum absolute atomic E-state index is 0.0498. The zero-order valence-corrected chi connectivity index (χ0v) is 12.9. The molecular weight excluding hydrogens is 306 g/mol. The fraction of sp³-hybridized carbons (Fsp3) is 0.357. The van der Waals surface area contributed by atoms with Crippen LogP contribution in [0.25, 0.3) is 0 Å². The maximum Gasteiger partial charge on any atom is 0.293 e. The quantitative estimate of drug-likeness (QED) is 0.721. The zero-order chi connectivity index (χ0) is 15.8. The third-order valence-electron chi connectivity index (χ3n) is 2.75. The van der Waals surface area contributed by atoms with E-state index in [1.165, 1.54) is 17.6 Å². The van der Waals surface area contributed by atoms with Crippen LogP contribution < -0.4 is 10.6 Å². The summed E-state index contributed by atoms with van der Waals surface area (Å²) in [5.74, 6) is -0.163. The van der Waals surface area contributed by atoms with Crippen molar-refractivity contribution in [2.75, 3.05) is 25.6 Å². The Morgan fingerprint density at radius 2 is 2.32 bits per heavy atom. The number of nitrogens with zero attached hydrogens (tertiary/aromatic N) is 1. The van der Waals surface area contributed by atoms with Crippen molar-refractivity contribution in [1.82, 2.24) is 10.3 Å². The van der Waals surface area contributed by atoms with Crippen LogP contribution in [0.5, 0.6) is 0 Å². The van der Waals surface area contributed by atoms with Crippen LogP contribution in [0.2, 0.25) is 0 Å². The van der Waals surface area contributed by atoms with Crippen molar-refractivity contribution in [3.8, 4) is 0 Å². The Hall–Kier alpha value is -2.19. The van der Waals surface area contributed by atoms with Crippen LogP contribution in [0.1, 0.15) is 22.7 Å². The summed E-state index contributed by atoms with van der Waals surface area (Å²) < 4.78 is 9.85. The molecule has 0 bridgehead atoms. The predicted molar refractivity (Wildman–Crippen MR) is 82.0 cm³/mol. The Labute approximate surface area is 131 Å². The Morgan fingerprint density at radius 1 is 1.45 bits per heavy atom. The molecule has 2 amide bonds. The molecule has 0 atom stereocenters. The number of thiazole rings is 1. The number of hydrogen-bond donors (Lipinski definition) is 2. The Morgan fingerprint density at radius 3 is 3.05 bits per heavy atom. The molecule has 2 aromatic rings. The second-order valence-corrected chi connectivity index (χ2v) is 5.28. The molecule has 22 heavy (non-hydrogen) atoms. The van der Waals surface area contributed by atoms with Gasteiger partial charge in [0.1, 0.15) is 0 Å². The van der Waals surface area contributed by atoms with Crippen molar-refractivity contribution in [2.24, 2.45) is 0 Å². The number of furan rings is 1.